The minimum Gasteiger partial charge on any atom is -0.138 e. The Bertz CT molecular complexity index is 399. The van der Waals surface area contributed by atoms with Crippen LogP contribution in [0.4, 0.5) is 0 Å². The molecule has 0 radical (unpaired) electrons. The zero-order chi connectivity index (χ0) is 9.42. The van der Waals surface area contributed by atoms with E-state index in [1.165, 1.54) is 33.1 Å². The predicted octanol–water partition coefficient (Wildman–Crippen LogP) is 2.97. The van der Waals surface area contributed by atoms with Gasteiger partial charge in [-0.25, -0.2) is 0 Å². The van der Waals surface area contributed by atoms with Crippen molar-refractivity contribution in [1.82, 2.24) is 9.59 Å². The van der Waals surface area contributed by atoms with Crippen molar-refractivity contribution in [1.29, 1.82) is 0 Å². The van der Waals surface area contributed by atoms with E-state index in [4.69, 9.17) is 0 Å². The maximum atomic E-state index is 4.16. The van der Waals surface area contributed by atoms with Gasteiger partial charge in [-0.1, -0.05) is 16.1 Å². The van der Waals surface area contributed by atoms with Crippen LogP contribution in [0.1, 0.15) is 30.8 Å². The summed E-state index contributed by atoms with van der Waals surface area (Å²) < 4.78 is 3.96. The van der Waals surface area contributed by atoms with Gasteiger partial charge in [0.1, 0.15) is 5.69 Å². The number of nitrogens with zero attached hydrogens (tertiary/aromatic N) is 2. The van der Waals surface area contributed by atoms with Gasteiger partial charge in [0, 0.05) is 0 Å². The SMILES string of the molecule is CC1=CC(C)=C(c2nnsc2C)C1. The summed E-state index contributed by atoms with van der Waals surface area (Å²) in [6.45, 7) is 6.38. The van der Waals surface area contributed by atoms with Crippen LogP contribution in [0.3, 0.4) is 0 Å². The summed E-state index contributed by atoms with van der Waals surface area (Å²) in [6.07, 6.45) is 3.27. The van der Waals surface area contributed by atoms with Crippen LogP contribution in [0.2, 0.25) is 0 Å². The number of rotatable bonds is 1. The number of aromatic nitrogens is 2. The van der Waals surface area contributed by atoms with E-state index in [0.717, 1.165) is 12.1 Å². The van der Waals surface area contributed by atoms with Crippen LogP contribution in [0.25, 0.3) is 5.57 Å². The Morgan fingerprint density at radius 2 is 2.08 bits per heavy atom. The van der Waals surface area contributed by atoms with Gasteiger partial charge in [0.25, 0.3) is 0 Å². The molecule has 0 aliphatic heterocycles. The lowest BCUT2D eigenvalue weighted by molar-refractivity contribution is 1.10. The molecule has 1 aliphatic rings. The summed E-state index contributed by atoms with van der Waals surface area (Å²) in [6, 6.07) is 0. The second kappa shape index (κ2) is 3.07. The van der Waals surface area contributed by atoms with Crippen LogP contribution in [0.5, 0.6) is 0 Å². The van der Waals surface area contributed by atoms with Crippen molar-refractivity contribution < 1.29 is 0 Å². The highest BCUT2D eigenvalue weighted by molar-refractivity contribution is 7.05. The standard InChI is InChI=1S/C10H12N2S/c1-6-4-7(2)9(5-6)10-8(3)13-12-11-10/h4H,5H2,1-3H3. The minimum atomic E-state index is 1.04. The van der Waals surface area contributed by atoms with Gasteiger partial charge >= 0.3 is 0 Å². The van der Waals surface area contributed by atoms with Crippen LogP contribution in [-0.4, -0.2) is 9.59 Å². The molecule has 0 N–H and O–H groups in total. The quantitative estimate of drug-likeness (QED) is 0.683. The first kappa shape index (κ1) is 8.63. The summed E-state index contributed by atoms with van der Waals surface area (Å²) >= 11 is 1.48. The van der Waals surface area contributed by atoms with Crippen molar-refractivity contribution in [2.45, 2.75) is 27.2 Å². The maximum absolute atomic E-state index is 4.16. The largest absolute Gasteiger partial charge is 0.138 e. The highest BCUT2D eigenvalue weighted by atomic mass is 32.1. The van der Waals surface area contributed by atoms with Crippen LogP contribution in [0.15, 0.2) is 17.2 Å². The molecule has 0 saturated heterocycles. The average molecular weight is 192 g/mol. The van der Waals surface area contributed by atoms with Crippen molar-refractivity contribution in [2.24, 2.45) is 0 Å². The molecule has 0 unspecified atom stereocenters. The van der Waals surface area contributed by atoms with E-state index in [0.29, 0.717) is 0 Å². The minimum absolute atomic E-state index is 1.04. The predicted molar refractivity (Wildman–Crippen MR) is 55.6 cm³/mol. The fourth-order valence-electron chi connectivity index (χ4n) is 1.71. The summed E-state index contributed by atoms with van der Waals surface area (Å²) in [5.41, 5.74) is 5.20. The first-order chi connectivity index (χ1) is 6.18. The monoisotopic (exact) mass is 192 g/mol. The Labute approximate surface area is 82.2 Å². The van der Waals surface area contributed by atoms with Gasteiger partial charge in [-0.15, -0.1) is 5.10 Å². The van der Waals surface area contributed by atoms with Gasteiger partial charge in [0.05, 0.1) is 4.88 Å². The molecule has 0 aromatic carbocycles. The Kier molecular flexibility index (Phi) is 2.04. The molecule has 2 nitrogen and oxygen atoms in total. The molecule has 3 heteroatoms. The molecule has 0 atom stereocenters. The summed E-state index contributed by atoms with van der Waals surface area (Å²) in [4.78, 5) is 1.22. The zero-order valence-electron chi connectivity index (χ0n) is 8.09. The van der Waals surface area contributed by atoms with Gasteiger partial charge in [0.15, 0.2) is 0 Å². The summed E-state index contributed by atoms with van der Waals surface area (Å²) in [7, 11) is 0. The number of hydrogen-bond acceptors (Lipinski definition) is 3. The third-order valence-corrected chi connectivity index (χ3v) is 2.96. The molecule has 1 aromatic heterocycles. The molecular formula is C10H12N2S. The van der Waals surface area contributed by atoms with E-state index >= 15 is 0 Å². The van der Waals surface area contributed by atoms with Gasteiger partial charge in [-0.3, -0.25) is 0 Å². The normalized spacial score (nSPS) is 16.7. The third kappa shape index (κ3) is 1.44. The van der Waals surface area contributed by atoms with Crippen molar-refractivity contribution in [3.63, 3.8) is 0 Å². The number of hydrogen-bond donors (Lipinski definition) is 0. The Balaban J connectivity index is 2.41. The smallest absolute Gasteiger partial charge is 0.105 e. The van der Waals surface area contributed by atoms with Crippen LogP contribution < -0.4 is 0 Å². The molecule has 0 amide bonds. The lowest BCUT2D eigenvalue weighted by atomic mass is 10.1. The summed E-state index contributed by atoms with van der Waals surface area (Å²) in [5.74, 6) is 0. The topological polar surface area (TPSA) is 25.8 Å². The van der Waals surface area contributed by atoms with E-state index < -0.39 is 0 Å². The van der Waals surface area contributed by atoms with E-state index in [1.54, 1.807) is 0 Å². The lowest BCUT2D eigenvalue weighted by Gasteiger charge is -2.00. The Hall–Kier alpha value is -0.960. The first-order valence-electron chi connectivity index (χ1n) is 4.34. The van der Waals surface area contributed by atoms with E-state index in [-0.39, 0.29) is 0 Å². The molecule has 2 rings (SSSR count). The van der Waals surface area contributed by atoms with Crippen molar-refractivity contribution in [3.8, 4) is 0 Å². The molecule has 0 saturated carbocycles. The van der Waals surface area contributed by atoms with E-state index in [9.17, 15) is 0 Å². The van der Waals surface area contributed by atoms with Crippen LogP contribution in [-0.2, 0) is 0 Å². The Morgan fingerprint density at radius 3 is 2.54 bits per heavy atom. The van der Waals surface area contributed by atoms with Crippen LogP contribution >= 0.6 is 11.5 Å². The second-order valence-electron chi connectivity index (χ2n) is 3.51. The molecule has 0 fully saturated rings. The maximum Gasteiger partial charge on any atom is 0.105 e. The molecule has 13 heavy (non-hydrogen) atoms. The molecule has 1 aliphatic carbocycles. The van der Waals surface area contributed by atoms with Crippen molar-refractivity contribution >= 4 is 17.1 Å². The summed E-state index contributed by atoms with van der Waals surface area (Å²) in [5, 5.41) is 4.16. The molecule has 0 spiro atoms. The molecule has 1 aromatic rings. The average Bonchev–Trinajstić information content (AvgIpc) is 2.58. The second-order valence-corrected chi connectivity index (χ2v) is 4.47. The number of aryl methyl sites for hydroxylation is 1. The van der Waals surface area contributed by atoms with Gasteiger partial charge < -0.3 is 0 Å². The fraction of sp³-hybridized carbons (Fsp3) is 0.400. The fourth-order valence-corrected chi connectivity index (χ4v) is 2.20. The number of allylic oxidation sites excluding steroid dienone is 4. The highest BCUT2D eigenvalue weighted by Gasteiger charge is 2.16. The van der Waals surface area contributed by atoms with Crippen LogP contribution in [0, 0.1) is 6.92 Å². The van der Waals surface area contributed by atoms with Crippen molar-refractivity contribution in [3.05, 3.63) is 27.8 Å². The molecular weight excluding hydrogens is 180 g/mol. The molecule has 1 heterocycles. The highest BCUT2D eigenvalue weighted by Crippen LogP contribution is 2.33. The first-order valence-corrected chi connectivity index (χ1v) is 5.12. The van der Waals surface area contributed by atoms with E-state index in [2.05, 4.69) is 36.4 Å². The molecule has 68 valence electrons. The Morgan fingerprint density at radius 1 is 1.31 bits per heavy atom. The zero-order valence-corrected chi connectivity index (χ0v) is 8.90. The van der Waals surface area contributed by atoms with Gasteiger partial charge in [0.2, 0.25) is 0 Å². The van der Waals surface area contributed by atoms with Gasteiger partial charge in [-0.2, -0.15) is 0 Å². The third-order valence-electron chi connectivity index (χ3n) is 2.33. The lowest BCUT2D eigenvalue weighted by Crippen LogP contribution is -1.87. The molecule has 0 bridgehead atoms. The van der Waals surface area contributed by atoms with Gasteiger partial charge in [-0.05, 0) is 49.9 Å². The van der Waals surface area contributed by atoms with E-state index in [1.807, 2.05) is 0 Å². The van der Waals surface area contributed by atoms with Crippen molar-refractivity contribution in [2.75, 3.05) is 0 Å².